The van der Waals surface area contributed by atoms with Crippen LogP contribution in [0.3, 0.4) is 0 Å². The van der Waals surface area contributed by atoms with Gasteiger partial charge in [-0.3, -0.25) is 9.52 Å². The molecule has 1 aliphatic heterocycles. The lowest BCUT2D eigenvalue weighted by Crippen LogP contribution is -2.36. The molecular formula is C20H20ClN3O4S2. The predicted molar refractivity (Wildman–Crippen MR) is 117 cm³/mol. The minimum absolute atomic E-state index is 0.0343. The maximum Gasteiger partial charge on any atom is 0.262 e. The number of anilines is 1. The number of hydrogen-bond acceptors (Lipinski definition) is 6. The number of oxazole rings is 1. The lowest BCUT2D eigenvalue weighted by molar-refractivity contribution is -0.129. The molecule has 0 atom stereocenters. The average Bonchev–Trinajstić information content (AvgIpc) is 3.16. The number of nitrogens with one attached hydrogen (secondary N) is 1. The van der Waals surface area contributed by atoms with Gasteiger partial charge in [0.05, 0.1) is 21.4 Å². The van der Waals surface area contributed by atoms with Crippen molar-refractivity contribution in [1.29, 1.82) is 0 Å². The molecule has 7 nitrogen and oxygen atoms in total. The minimum Gasteiger partial charge on any atom is -0.431 e. The van der Waals surface area contributed by atoms with Gasteiger partial charge in [-0.25, -0.2) is 13.4 Å². The number of para-hydroxylation sites is 1. The van der Waals surface area contributed by atoms with E-state index in [1.165, 1.54) is 30.3 Å². The molecule has 0 saturated carbocycles. The molecule has 30 heavy (non-hydrogen) atoms. The summed E-state index contributed by atoms with van der Waals surface area (Å²) in [6.45, 7) is 1.60. The highest BCUT2D eigenvalue weighted by atomic mass is 35.5. The van der Waals surface area contributed by atoms with E-state index in [0.717, 1.165) is 25.9 Å². The van der Waals surface area contributed by atoms with Gasteiger partial charge >= 0.3 is 0 Å². The minimum atomic E-state index is -3.85. The normalized spacial score (nSPS) is 14.8. The summed E-state index contributed by atoms with van der Waals surface area (Å²) in [5.74, 6) is 0.306. The van der Waals surface area contributed by atoms with Crippen molar-refractivity contribution in [3.8, 4) is 0 Å². The molecule has 0 unspecified atom stereocenters. The second kappa shape index (κ2) is 8.87. The number of carbonyl (C=O) groups is 1. The number of fused-ring (bicyclic) bond motifs is 1. The number of likely N-dealkylation sites (tertiary alicyclic amines) is 1. The number of amides is 1. The molecule has 3 aromatic rings. The number of carbonyl (C=O) groups excluding carboxylic acids is 1. The molecule has 1 aliphatic rings. The van der Waals surface area contributed by atoms with Gasteiger partial charge in [0.1, 0.15) is 5.52 Å². The molecule has 1 aromatic heterocycles. The van der Waals surface area contributed by atoms with Crippen LogP contribution in [0.5, 0.6) is 0 Å². The van der Waals surface area contributed by atoms with E-state index in [0.29, 0.717) is 27.0 Å². The van der Waals surface area contributed by atoms with Crippen molar-refractivity contribution < 1.29 is 17.6 Å². The fourth-order valence-corrected chi connectivity index (χ4v) is 5.29. The van der Waals surface area contributed by atoms with Crippen LogP contribution >= 0.6 is 23.4 Å². The highest BCUT2D eigenvalue weighted by molar-refractivity contribution is 7.99. The number of nitrogens with zero attached hydrogens (tertiary/aromatic N) is 2. The van der Waals surface area contributed by atoms with Gasteiger partial charge in [-0.15, -0.1) is 0 Å². The number of benzene rings is 2. The van der Waals surface area contributed by atoms with Gasteiger partial charge in [-0.2, -0.15) is 0 Å². The molecule has 4 rings (SSSR count). The second-order valence-corrected chi connectivity index (χ2v) is 9.94. The molecule has 10 heteroatoms. The maximum absolute atomic E-state index is 12.7. The van der Waals surface area contributed by atoms with Crippen LogP contribution in [0.2, 0.25) is 5.02 Å². The summed E-state index contributed by atoms with van der Waals surface area (Å²) >= 11 is 7.26. The van der Waals surface area contributed by atoms with E-state index in [9.17, 15) is 13.2 Å². The van der Waals surface area contributed by atoms with Crippen molar-refractivity contribution in [3.63, 3.8) is 0 Å². The van der Waals surface area contributed by atoms with Crippen LogP contribution in [-0.4, -0.2) is 43.1 Å². The summed E-state index contributed by atoms with van der Waals surface area (Å²) in [5.41, 5.74) is 1.16. The van der Waals surface area contributed by atoms with Gasteiger partial charge in [0.2, 0.25) is 5.91 Å². The zero-order valence-electron chi connectivity index (χ0n) is 16.0. The van der Waals surface area contributed by atoms with Gasteiger partial charge in [0, 0.05) is 19.2 Å². The highest BCUT2D eigenvalue weighted by Gasteiger charge is 2.20. The molecule has 0 radical (unpaired) electrons. The second-order valence-electron chi connectivity index (χ2n) is 6.92. The van der Waals surface area contributed by atoms with Gasteiger partial charge in [0.25, 0.3) is 15.2 Å². The summed E-state index contributed by atoms with van der Waals surface area (Å²) in [6, 6.07) is 11.1. The predicted octanol–water partition coefficient (Wildman–Crippen LogP) is 4.39. The zero-order chi connectivity index (χ0) is 21.1. The summed E-state index contributed by atoms with van der Waals surface area (Å²) in [6.07, 6.45) is 3.25. The Hall–Kier alpha value is -2.23. The fraction of sp³-hybridized carbons (Fsp3) is 0.300. The molecule has 0 spiro atoms. The van der Waals surface area contributed by atoms with Crippen molar-refractivity contribution in [2.75, 3.05) is 23.6 Å². The summed E-state index contributed by atoms with van der Waals surface area (Å²) in [4.78, 5) is 18.6. The molecule has 1 amide bonds. The maximum atomic E-state index is 12.7. The van der Waals surface area contributed by atoms with Crippen LogP contribution in [0.1, 0.15) is 19.3 Å². The molecule has 1 N–H and O–H groups in total. The molecule has 1 fully saturated rings. The Bertz CT molecular complexity index is 1170. The third kappa shape index (κ3) is 4.74. The van der Waals surface area contributed by atoms with Crippen LogP contribution in [0.15, 0.2) is 57.0 Å². The first kappa shape index (κ1) is 21.0. The lowest BCUT2D eigenvalue weighted by atomic mass is 10.1. The Labute approximate surface area is 183 Å². The number of thioether (sulfide) groups is 1. The van der Waals surface area contributed by atoms with E-state index < -0.39 is 10.0 Å². The standard InChI is InChI=1S/C20H20ClN3O4S2/c21-15-6-2-3-7-16(15)23-30(26,27)14-8-9-17-18(12-14)28-20(22-17)29-13-19(25)24-10-4-1-5-11-24/h2-3,6-9,12,23H,1,4-5,10-11,13H2. The monoisotopic (exact) mass is 465 g/mol. The fourth-order valence-electron chi connectivity index (χ4n) is 3.22. The number of aromatic nitrogens is 1. The lowest BCUT2D eigenvalue weighted by Gasteiger charge is -2.26. The quantitative estimate of drug-likeness (QED) is 0.543. The Morgan fingerprint density at radius 3 is 2.70 bits per heavy atom. The number of hydrogen-bond donors (Lipinski definition) is 1. The summed E-state index contributed by atoms with van der Waals surface area (Å²) in [5, 5.41) is 0.642. The SMILES string of the molecule is O=C(CSc1nc2ccc(S(=O)(=O)Nc3ccccc3Cl)cc2o1)N1CCCCC1. The van der Waals surface area contributed by atoms with E-state index in [2.05, 4.69) is 9.71 Å². The topological polar surface area (TPSA) is 92.5 Å². The molecule has 158 valence electrons. The zero-order valence-corrected chi connectivity index (χ0v) is 18.4. The molecular weight excluding hydrogens is 446 g/mol. The van der Waals surface area contributed by atoms with Crippen LogP contribution in [0, 0.1) is 0 Å². The largest absolute Gasteiger partial charge is 0.431 e. The first-order chi connectivity index (χ1) is 14.4. The Morgan fingerprint density at radius 2 is 1.93 bits per heavy atom. The summed E-state index contributed by atoms with van der Waals surface area (Å²) < 4.78 is 33.6. The van der Waals surface area contributed by atoms with Gasteiger partial charge in [0.15, 0.2) is 5.58 Å². The van der Waals surface area contributed by atoms with Gasteiger partial charge in [-0.05, 0) is 43.5 Å². The number of sulfonamides is 1. The Balaban J connectivity index is 1.48. The first-order valence-electron chi connectivity index (χ1n) is 9.51. The van der Waals surface area contributed by atoms with E-state index in [1.807, 2.05) is 4.90 Å². The van der Waals surface area contributed by atoms with Crippen LogP contribution < -0.4 is 4.72 Å². The van der Waals surface area contributed by atoms with Crippen molar-refractivity contribution in [2.45, 2.75) is 29.4 Å². The number of piperidine rings is 1. The smallest absolute Gasteiger partial charge is 0.262 e. The molecule has 0 aliphatic carbocycles. The van der Waals surface area contributed by atoms with Crippen LogP contribution in [-0.2, 0) is 14.8 Å². The third-order valence-corrected chi connectivity index (χ3v) is 7.30. The van der Waals surface area contributed by atoms with E-state index in [1.54, 1.807) is 30.3 Å². The van der Waals surface area contributed by atoms with E-state index in [-0.39, 0.29) is 16.6 Å². The van der Waals surface area contributed by atoms with Gasteiger partial charge in [-0.1, -0.05) is 35.5 Å². The first-order valence-corrected chi connectivity index (χ1v) is 12.4. The molecule has 2 heterocycles. The number of halogens is 1. The summed E-state index contributed by atoms with van der Waals surface area (Å²) in [7, 11) is -3.85. The van der Waals surface area contributed by atoms with E-state index >= 15 is 0 Å². The molecule has 1 saturated heterocycles. The number of rotatable bonds is 6. The average molecular weight is 466 g/mol. The van der Waals surface area contributed by atoms with E-state index in [4.69, 9.17) is 16.0 Å². The third-order valence-electron chi connectivity index (χ3n) is 4.80. The molecule has 0 bridgehead atoms. The van der Waals surface area contributed by atoms with Crippen molar-refractivity contribution in [3.05, 3.63) is 47.5 Å². The van der Waals surface area contributed by atoms with Crippen molar-refractivity contribution >= 4 is 56.1 Å². The molecule has 2 aromatic carbocycles. The van der Waals surface area contributed by atoms with Crippen molar-refractivity contribution in [2.24, 2.45) is 0 Å². The van der Waals surface area contributed by atoms with Gasteiger partial charge < -0.3 is 9.32 Å². The van der Waals surface area contributed by atoms with Crippen LogP contribution in [0.4, 0.5) is 5.69 Å². The Morgan fingerprint density at radius 1 is 1.17 bits per heavy atom. The Kier molecular flexibility index (Phi) is 6.21. The highest BCUT2D eigenvalue weighted by Crippen LogP contribution is 2.28. The van der Waals surface area contributed by atoms with Crippen LogP contribution in [0.25, 0.3) is 11.1 Å². The van der Waals surface area contributed by atoms with Crippen molar-refractivity contribution in [1.82, 2.24) is 9.88 Å².